The number of aromatic nitrogens is 1. The maximum absolute atomic E-state index is 12.2. The van der Waals surface area contributed by atoms with Crippen LogP contribution in [-0.4, -0.2) is 23.1 Å². The number of fused-ring (bicyclic) bond motifs is 1. The SMILES string of the molecule is Cc1cc(/C=C/C(=O)OCC(=O)Nc2cccc3ccccc23)c(C)n1C1CC1. The van der Waals surface area contributed by atoms with E-state index < -0.39 is 5.97 Å². The molecule has 29 heavy (non-hydrogen) atoms. The summed E-state index contributed by atoms with van der Waals surface area (Å²) in [6, 6.07) is 16.2. The molecule has 2 aromatic carbocycles. The Kier molecular flexibility index (Phi) is 5.21. The van der Waals surface area contributed by atoms with Gasteiger partial charge in [-0.1, -0.05) is 36.4 Å². The van der Waals surface area contributed by atoms with Gasteiger partial charge in [0.15, 0.2) is 6.61 Å². The summed E-state index contributed by atoms with van der Waals surface area (Å²) in [5.41, 5.74) is 4.06. The molecule has 148 valence electrons. The summed E-state index contributed by atoms with van der Waals surface area (Å²) in [6.45, 7) is 3.82. The van der Waals surface area contributed by atoms with Crippen molar-refractivity contribution in [1.29, 1.82) is 0 Å². The summed E-state index contributed by atoms with van der Waals surface area (Å²) < 4.78 is 7.42. The zero-order chi connectivity index (χ0) is 20.4. The first-order valence-electron chi connectivity index (χ1n) is 9.84. The number of nitrogens with one attached hydrogen (secondary N) is 1. The van der Waals surface area contributed by atoms with Crippen LogP contribution in [0.4, 0.5) is 5.69 Å². The molecule has 0 aliphatic heterocycles. The molecule has 1 amide bonds. The van der Waals surface area contributed by atoms with Crippen molar-refractivity contribution in [1.82, 2.24) is 4.57 Å². The summed E-state index contributed by atoms with van der Waals surface area (Å²) in [5, 5.41) is 4.79. The Morgan fingerprint density at radius 2 is 1.90 bits per heavy atom. The Morgan fingerprint density at radius 3 is 2.69 bits per heavy atom. The number of carbonyl (C=O) groups is 2. The summed E-state index contributed by atoms with van der Waals surface area (Å²) in [6.07, 6.45) is 5.57. The second-order valence-electron chi connectivity index (χ2n) is 7.44. The van der Waals surface area contributed by atoms with Crippen LogP contribution in [0.3, 0.4) is 0 Å². The molecule has 4 rings (SSSR count). The molecular weight excluding hydrogens is 364 g/mol. The smallest absolute Gasteiger partial charge is 0.331 e. The lowest BCUT2D eigenvalue weighted by atomic mass is 10.1. The van der Waals surface area contributed by atoms with Crippen molar-refractivity contribution in [3.63, 3.8) is 0 Å². The van der Waals surface area contributed by atoms with Gasteiger partial charge in [0.25, 0.3) is 5.91 Å². The third kappa shape index (κ3) is 4.24. The molecule has 0 unspecified atom stereocenters. The second-order valence-corrected chi connectivity index (χ2v) is 7.44. The Labute approximate surface area is 170 Å². The van der Waals surface area contributed by atoms with E-state index in [0.717, 1.165) is 22.0 Å². The Bertz CT molecular complexity index is 1100. The van der Waals surface area contributed by atoms with Crippen molar-refractivity contribution in [2.24, 2.45) is 0 Å². The average Bonchev–Trinajstić information content (AvgIpc) is 3.50. The summed E-state index contributed by atoms with van der Waals surface area (Å²) >= 11 is 0. The fraction of sp³-hybridized carbons (Fsp3) is 0.250. The Morgan fingerprint density at radius 1 is 1.14 bits per heavy atom. The van der Waals surface area contributed by atoms with E-state index in [1.165, 1.54) is 24.6 Å². The normalized spacial score (nSPS) is 13.7. The van der Waals surface area contributed by atoms with E-state index in [0.29, 0.717) is 11.7 Å². The molecule has 1 aromatic heterocycles. The first-order valence-corrected chi connectivity index (χ1v) is 9.84. The average molecular weight is 388 g/mol. The molecule has 1 aliphatic rings. The first-order chi connectivity index (χ1) is 14.0. The van der Waals surface area contributed by atoms with Gasteiger partial charge < -0.3 is 14.6 Å². The zero-order valence-electron chi connectivity index (χ0n) is 16.6. The number of hydrogen-bond donors (Lipinski definition) is 1. The van der Waals surface area contributed by atoms with Crippen molar-refractivity contribution in [2.45, 2.75) is 32.7 Å². The van der Waals surface area contributed by atoms with E-state index in [2.05, 4.69) is 29.8 Å². The van der Waals surface area contributed by atoms with Gasteiger partial charge in [-0.15, -0.1) is 0 Å². The minimum Gasteiger partial charge on any atom is -0.452 e. The summed E-state index contributed by atoms with van der Waals surface area (Å²) in [4.78, 5) is 24.2. The molecule has 1 heterocycles. The van der Waals surface area contributed by atoms with Crippen molar-refractivity contribution >= 4 is 34.4 Å². The maximum Gasteiger partial charge on any atom is 0.331 e. The summed E-state index contributed by atoms with van der Waals surface area (Å²) in [7, 11) is 0. The van der Waals surface area contributed by atoms with Crippen LogP contribution < -0.4 is 5.32 Å². The van der Waals surface area contributed by atoms with Gasteiger partial charge in [-0.2, -0.15) is 0 Å². The van der Waals surface area contributed by atoms with Gasteiger partial charge in [0.05, 0.1) is 0 Å². The molecule has 1 fully saturated rings. The van der Waals surface area contributed by atoms with Gasteiger partial charge in [0, 0.05) is 34.6 Å². The number of ether oxygens (including phenoxy) is 1. The lowest BCUT2D eigenvalue weighted by Gasteiger charge is -2.08. The van der Waals surface area contributed by atoms with Gasteiger partial charge in [-0.25, -0.2) is 4.79 Å². The molecule has 0 atom stereocenters. The topological polar surface area (TPSA) is 60.3 Å². The zero-order valence-corrected chi connectivity index (χ0v) is 16.6. The first kappa shape index (κ1) is 19.0. The van der Waals surface area contributed by atoms with E-state index in [4.69, 9.17) is 4.74 Å². The number of nitrogens with zero attached hydrogens (tertiary/aromatic N) is 1. The van der Waals surface area contributed by atoms with Gasteiger partial charge in [0.1, 0.15) is 0 Å². The minimum atomic E-state index is -0.533. The lowest BCUT2D eigenvalue weighted by Crippen LogP contribution is -2.20. The number of aryl methyl sites for hydroxylation is 1. The Hall–Kier alpha value is -3.34. The van der Waals surface area contributed by atoms with E-state index in [-0.39, 0.29) is 12.5 Å². The number of anilines is 1. The lowest BCUT2D eigenvalue weighted by molar-refractivity contribution is -0.142. The van der Waals surface area contributed by atoms with Crippen LogP contribution in [0.2, 0.25) is 0 Å². The molecule has 5 heteroatoms. The van der Waals surface area contributed by atoms with E-state index in [1.807, 2.05) is 42.5 Å². The second kappa shape index (κ2) is 7.95. The molecule has 0 saturated heterocycles. The molecular formula is C24H24N2O3. The quantitative estimate of drug-likeness (QED) is 0.488. The van der Waals surface area contributed by atoms with Crippen molar-refractivity contribution in [3.05, 3.63) is 71.6 Å². The molecule has 5 nitrogen and oxygen atoms in total. The molecule has 1 N–H and O–H groups in total. The van der Waals surface area contributed by atoms with E-state index in [9.17, 15) is 9.59 Å². The fourth-order valence-corrected chi connectivity index (χ4v) is 3.73. The van der Waals surface area contributed by atoms with Crippen LogP contribution in [-0.2, 0) is 14.3 Å². The third-order valence-electron chi connectivity index (χ3n) is 5.24. The molecule has 0 radical (unpaired) electrons. The number of benzene rings is 2. The number of rotatable bonds is 6. The van der Waals surface area contributed by atoms with Crippen LogP contribution in [0.15, 0.2) is 54.6 Å². The van der Waals surface area contributed by atoms with Gasteiger partial charge in [-0.05, 0) is 55.8 Å². The number of carbonyl (C=O) groups excluding carboxylic acids is 2. The van der Waals surface area contributed by atoms with E-state index >= 15 is 0 Å². The van der Waals surface area contributed by atoms with Gasteiger partial charge >= 0.3 is 5.97 Å². The number of hydrogen-bond acceptors (Lipinski definition) is 3. The largest absolute Gasteiger partial charge is 0.452 e. The monoisotopic (exact) mass is 388 g/mol. The molecule has 1 aliphatic carbocycles. The highest BCUT2D eigenvalue weighted by Gasteiger charge is 2.26. The predicted octanol–water partition coefficient (Wildman–Crippen LogP) is 4.79. The van der Waals surface area contributed by atoms with Crippen LogP contribution >= 0.6 is 0 Å². The highest BCUT2D eigenvalue weighted by atomic mass is 16.5. The van der Waals surface area contributed by atoms with E-state index in [1.54, 1.807) is 6.08 Å². The van der Waals surface area contributed by atoms with Crippen LogP contribution in [0.1, 0.15) is 35.8 Å². The van der Waals surface area contributed by atoms with Gasteiger partial charge in [0.2, 0.25) is 0 Å². The van der Waals surface area contributed by atoms with Gasteiger partial charge in [-0.3, -0.25) is 4.79 Å². The van der Waals surface area contributed by atoms with Crippen molar-refractivity contribution in [2.75, 3.05) is 11.9 Å². The number of amides is 1. The highest BCUT2D eigenvalue weighted by molar-refractivity contribution is 6.03. The van der Waals surface area contributed by atoms with Crippen LogP contribution in [0, 0.1) is 13.8 Å². The third-order valence-corrected chi connectivity index (χ3v) is 5.24. The molecule has 0 spiro atoms. The standard InChI is InChI=1S/C24H24N2O3/c1-16-14-19(17(2)26(16)20-11-12-20)10-13-24(28)29-15-23(27)25-22-9-5-7-18-6-3-4-8-21(18)22/h3-10,13-14,20H,11-12,15H2,1-2H3,(H,25,27)/b13-10+. The summed E-state index contributed by atoms with van der Waals surface area (Å²) in [5.74, 6) is -0.899. The highest BCUT2D eigenvalue weighted by Crippen LogP contribution is 2.38. The molecule has 1 saturated carbocycles. The molecule has 3 aromatic rings. The predicted molar refractivity (Wildman–Crippen MR) is 115 cm³/mol. The molecule has 0 bridgehead atoms. The minimum absolute atomic E-state index is 0.326. The maximum atomic E-state index is 12.2. The Balaban J connectivity index is 1.34. The fourth-order valence-electron chi connectivity index (χ4n) is 3.73. The number of esters is 1. The van der Waals surface area contributed by atoms with Crippen molar-refractivity contribution < 1.29 is 14.3 Å². The van der Waals surface area contributed by atoms with Crippen LogP contribution in [0.25, 0.3) is 16.8 Å². The van der Waals surface area contributed by atoms with Crippen molar-refractivity contribution in [3.8, 4) is 0 Å². The van der Waals surface area contributed by atoms with Crippen LogP contribution in [0.5, 0.6) is 0 Å².